The Morgan fingerprint density at radius 1 is 1.09 bits per heavy atom. The van der Waals surface area contributed by atoms with Gasteiger partial charge in [-0.15, -0.1) is 0 Å². The second-order valence-electron chi connectivity index (χ2n) is 5.25. The monoisotopic (exact) mass is 292 g/mol. The fraction of sp³-hybridized carbons (Fsp3) is 0.111. The highest BCUT2D eigenvalue weighted by Gasteiger charge is 2.16. The highest BCUT2D eigenvalue weighted by molar-refractivity contribution is 6.00. The van der Waals surface area contributed by atoms with Crippen molar-refractivity contribution >= 4 is 17.0 Å². The van der Waals surface area contributed by atoms with Gasteiger partial charge in [-0.1, -0.05) is 48.5 Å². The second-order valence-corrected chi connectivity index (χ2v) is 5.25. The molecule has 0 saturated heterocycles. The van der Waals surface area contributed by atoms with E-state index in [1.165, 1.54) is 6.92 Å². The molecule has 0 amide bonds. The first-order valence-electron chi connectivity index (χ1n) is 7.05. The Kier molecular flexibility index (Phi) is 3.51. The first-order chi connectivity index (χ1) is 10.6. The summed E-state index contributed by atoms with van der Waals surface area (Å²) < 4.78 is 2.00. The summed E-state index contributed by atoms with van der Waals surface area (Å²) in [5.74, 6) is 0. The van der Waals surface area contributed by atoms with Crippen LogP contribution in [0.25, 0.3) is 28.1 Å². The summed E-state index contributed by atoms with van der Waals surface area (Å²) >= 11 is 0. The molecule has 110 valence electrons. The molecular formula is C18H16N2O2. The summed E-state index contributed by atoms with van der Waals surface area (Å²) in [4.78, 5) is 10.7. The average molecular weight is 292 g/mol. The highest BCUT2D eigenvalue weighted by Crippen LogP contribution is 2.35. The van der Waals surface area contributed by atoms with E-state index in [0.29, 0.717) is 0 Å². The SMILES string of the molecule is C/C(=C\c1c(-c2ccccc2)c2ccccc2n1C)[N+](=O)[O-]. The van der Waals surface area contributed by atoms with E-state index in [2.05, 4.69) is 6.07 Å². The molecule has 4 nitrogen and oxygen atoms in total. The van der Waals surface area contributed by atoms with Gasteiger partial charge >= 0.3 is 0 Å². The van der Waals surface area contributed by atoms with Crippen LogP contribution in [0.5, 0.6) is 0 Å². The Labute approximate surface area is 128 Å². The fourth-order valence-corrected chi connectivity index (χ4v) is 2.74. The zero-order valence-electron chi connectivity index (χ0n) is 12.5. The first kappa shape index (κ1) is 14.1. The van der Waals surface area contributed by atoms with Gasteiger partial charge in [-0.2, -0.15) is 0 Å². The molecule has 0 N–H and O–H groups in total. The van der Waals surface area contributed by atoms with Gasteiger partial charge in [-0.3, -0.25) is 10.1 Å². The highest BCUT2D eigenvalue weighted by atomic mass is 16.6. The van der Waals surface area contributed by atoms with E-state index in [9.17, 15) is 10.1 Å². The summed E-state index contributed by atoms with van der Waals surface area (Å²) in [6.45, 7) is 1.52. The van der Waals surface area contributed by atoms with Crippen LogP contribution in [0.4, 0.5) is 0 Å². The lowest BCUT2D eigenvalue weighted by molar-refractivity contribution is -0.422. The van der Waals surface area contributed by atoms with Crippen LogP contribution in [-0.4, -0.2) is 9.49 Å². The van der Waals surface area contributed by atoms with E-state index in [4.69, 9.17) is 0 Å². The van der Waals surface area contributed by atoms with Crippen molar-refractivity contribution in [2.45, 2.75) is 6.92 Å². The van der Waals surface area contributed by atoms with Crippen molar-refractivity contribution in [1.82, 2.24) is 4.57 Å². The van der Waals surface area contributed by atoms with Gasteiger partial charge in [0, 0.05) is 36.5 Å². The third-order valence-electron chi connectivity index (χ3n) is 3.85. The number of aromatic nitrogens is 1. The van der Waals surface area contributed by atoms with E-state index in [1.54, 1.807) is 6.08 Å². The van der Waals surface area contributed by atoms with Crippen molar-refractivity contribution in [1.29, 1.82) is 0 Å². The Bertz CT molecular complexity index is 877. The molecule has 0 radical (unpaired) electrons. The van der Waals surface area contributed by atoms with Crippen molar-refractivity contribution in [3.8, 4) is 11.1 Å². The van der Waals surface area contributed by atoms with Crippen molar-refractivity contribution in [3.05, 3.63) is 76.1 Å². The van der Waals surface area contributed by atoms with E-state index in [-0.39, 0.29) is 10.6 Å². The maximum absolute atomic E-state index is 11.0. The molecule has 22 heavy (non-hydrogen) atoms. The molecule has 1 aromatic heterocycles. The van der Waals surface area contributed by atoms with Gasteiger partial charge in [0.1, 0.15) is 0 Å². The van der Waals surface area contributed by atoms with Crippen molar-refractivity contribution in [3.63, 3.8) is 0 Å². The normalized spacial score (nSPS) is 11.8. The summed E-state index contributed by atoms with van der Waals surface area (Å²) in [6.07, 6.45) is 1.64. The molecular weight excluding hydrogens is 276 g/mol. The van der Waals surface area contributed by atoms with Crippen LogP contribution >= 0.6 is 0 Å². The van der Waals surface area contributed by atoms with Crippen LogP contribution in [-0.2, 0) is 7.05 Å². The number of hydrogen-bond donors (Lipinski definition) is 0. The molecule has 0 aliphatic carbocycles. The summed E-state index contributed by atoms with van der Waals surface area (Å²) in [5.41, 5.74) is 4.12. The molecule has 0 saturated carbocycles. The topological polar surface area (TPSA) is 48.1 Å². The summed E-state index contributed by atoms with van der Waals surface area (Å²) in [7, 11) is 1.94. The maximum Gasteiger partial charge on any atom is 0.245 e. The molecule has 0 aliphatic heterocycles. The van der Waals surface area contributed by atoms with E-state index in [1.807, 2.05) is 60.1 Å². The molecule has 0 spiro atoms. The van der Waals surface area contributed by atoms with Gasteiger partial charge in [0.05, 0.1) is 10.6 Å². The first-order valence-corrected chi connectivity index (χ1v) is 7.05. The number of nitrogens with zero attached hydrogens (tertiary/aromatic N) is 2. The van der Waals surface area contributed by atoms with E-state index >= 15 is 0 Å². The maximum atomic E-state index is 11.0. The van der Waals surface area contributed by atoms with E-state index < -0.39 is 0 Å². The lowest BCUT2D eigenvalue weighted by Gasteiger charge is -2.04. The number of rotatable bonds is 3. The molecule has 1 heterocycles. The van der Waals surface area contributed by atoms with Crippen LogP contribution in [0.15, 0.2) is 60.3 Å². The van der Waals surface area contributed by atoms with Gasteiger partial charge in [-0.25, -0.2) is 0 Å². The zero-order valence-corrected chi connectivity index (χ0v) is 12.5. The summed E-state index contributed by atoms with van der Waals surface area (Å²) in [5, 5.41) is 12.1. The van der Waals surface area contributed by atoms with E-state index in [0.717, 1.165) is 27.7 Å². The quantitative estimate of drug-likeness (QED) is 0.527. The van der Waals surface area contributed by atoms with Crippen molar-refractivity contribution in [2.24, 2.45) is 7.05 Å². The Balaban J connectivity index is 2.38. The van der Waals surface area contributed by atoms with Gasteiger partial charge in [0.15, 0.2) is 0 Å². The van der Waals surface area contributed by atoms with Gasteiger partial charge in [-0.05, 0) is 11.6 Å². The minimum Gasteiger partial charge on any atom is -0.343 e. The van der Waals surface area contributed by atoms with Crippen molar-refractivity contribution < 1.29 is 4.92 Å². The number of nitro groups is 1. The molecule has 0 unspecified atom stereocenters. The Hall–Kier alpha value is -2.88. The van der Waals surface area contributed by atoms with Crippen LogP contribution in [0.3, 0.4) is 0 Å². The zero-order chi connectivity index (χ0) is 15.7. The minimum absolute atomic E-state index is 0.128. The molecule has 4 heteroatoms. The van der Waals surface area contributed by atoms with Crippen molar-refractivity contribution in [2.75, 3.05) is 0 Å². The molecule has 0 aliphatic rings. The van der Waals surface area contributed by atoms with Crippen LogP contribution in [0.1, 0.15) is 12.6 Å². The predicted octanol–water partition coefficient (Wildman–Crippen LogP) is 4.48. The number of hydrogen-bond acceptors (Lipinski definition) is 2. The third-order valence-corrected chi connectivity index (χ3v) is 3.85. The standard InChI is InChI=1S/C18H16N2O2/c1-13(20(21)22)12-17-18(14-8-4-3-5-9-14)15-10-6-7-11-16(15)19(17)2/h3-12H,1-2H3/b13-12+. The summed E-state index contributed by atoms with van der Waals surface area (Å²) in [6, 6.07) is 18.0. The average Bonchev–Trinajstić information content (AvgIpc) is 2.81. The molecule has 0 atom stereocenters. The number of aryl methyl sites for hydroxylation is 1. The van der Waals surface area contributed by atoms with Gasteiger partial charge < -0.3 is 4.57 Å². The number of allylic oxidation sites excluding steroid dienone is 1. The fourth-order valence-electron chi connectivity index (χ4n) is 2.74. The molecule has 0 bridgehead atoms. The Morgan fingerprint density at radius 3 is 2.41 bits per heavy atom. The molecule has 2 aromatic carbocycles. The number of benzene rings is 2. The molecule has 3 rings (SSSR count). The molecule has 3 aromatic rings. The number of para-hydroxylation sites is 1. The third kappa shape index (κ3) is 2.29. The number of fused-ring (bicyclic) bond motifs is 1. The van der Waals surface area contributed by atoms with Gasteiger partial charge in [0.25, 0.3) is 0 Å². The second kappa shape index (κ2) is 5.48. The largest absolute Gasteiger partial charge is 0.343 e. The minimum atomic E-state index is -0.355. The smallest absolute Gasteiger partial charge is 0.245 e. The predicted molar refractivity (Wildman–Crippen MR) is 89.0 cm³/mol. The van der Waals surface area contributed by atoms with Crippen LogP contribution < -0.4 is 0 Å². The molecule has 0 fully saturated rings. The lowest BCUT2D eigenvalue weighted by Crippen LogP contribution is -1.97. The van der Waals surface area contributed by atoms with Gasteiger partial charge in [0.2, 0.25) is 5.70 Å². The van der Waals surface area contributed by atoms with Crippen LogP contribution in [0.2, 0.25) is 0 Å². The lowest BCUT2D eigenvalue weighted by atomic mass is 10.0. The van der Waals surface area contributed by atoms with Crippen LogP contribution in [0, 0.1) is 10.1 Å². The Morgan fingerprint density at radius 2 is 1.73 bits per heavy atom.